The van der Waals surface area contributed by atoms with E-state index in [1.807, 2.05) is 13.8 Å². The lowest BCUT2D eigenvalue weighted by Crippen LogP contribution is -2.42. The van der Waals surface area contributed by atoms with Crippen molar-refractivity contribution in [3.8, 4) is 0 Å². The number of aryl methyl sites for hydroxylation is 2. The summed E-state index contributed by atoms with van der Waals surface area (Å²) in [5.74, 6) is 0.883. The van der Waals surface area contributed by atoms with Gasteiger partial charge in [-0.3, -0.25) is 0 Å². The van der Waals surface area contributed by atoms with Gasteiger partial charge in [-0.05, 0) is 27.7 Å². The van der Waals surface area contributed by atoms with Crippen LogP contribution in [0.25, 0.3) is 0 Å². The molecular formula is C11H20N2O2. The molecule has 1 heterocycles. The standard InChI is InChI=1S/C11H20N2O2/c1-8-10(9(2)15-13-8)6-12-11(3,4)7-14-5/h12H,6-7H2,1-5H3. The molecule has 0 aromatic carbocycles. The van der Waals surface area contributed by atoms with Crippen molar-refractivity contribution >= 4 is 0 Å². The van der Waals surface area contributed by atoms with Crippen LogP contribution in [-0.2, 0) is 11.3 Å². The average Bonchev–Trinajstić information content (AvgIpc) is 2.44. The van der Waals surface area contributed by atoms with Crippen LogP contribution >= 0.6 is 0 Å². The van der Waals surface area contributed by atoms with E-state index in [-0.39, 0.29) is 5.54 Å². The number of ether oxygens (including phenoxy) is 1. The van der Waals surface area contributed by atoms with Crippen LogP contribution in [0.15, 0.2) is 4.52 Å². The first-order chi connectivity index (χ1) is 6.96. The molecule has 0 spiro atoms. The molecule has 0 saturated heterocycles. The van der Waals surface area contributed by atoms with Crippen molar-refractivity contribution in [3.05, 3.63) is 17.0 Å². The summed E-state index contributed by atoms with van der Waals surface area (Å²) in [6.45, 7) is 9.54. The van der Waals surface area contributed by atoms with E-state index in [9.17, 15) is 0 Å². The van der Waals surface area contributed by atoms with Gasteiger partial charge in [-0.1, -0.05) is 5.16 Å². The molecule has 0 unspecified atom stereocenters. The van der Waals surface area contributed by atoms with Crippen LogP contribution in [0, 0.1) is 13.8 Å². The van der Waals surface area contributed by atoms with Gasteiger partial charge in [-0.25, -0.2) is 0 Å². The summed E-state index contributed by atoms with van der Waals surface area (Å²) in [4.78, 5) is 0. The molecule has 4 nitrogen and oxygen atoms in total. The van der Waals surface area contributed by atoms with Gasteiger partial charge in [0.15, 0.2) is 0 Å². The summed E-state index contributed by atoms with van der Waals surface area (Å²) in [6, 6.07) is 0. The second-order valence-electron chi connectivity index (χ2n) is 4.47. The Hall–Kier alpha value is -0.870. The van der Waals surface area contributed by atoms with Gasteiger partial charge in [0, 0.05) is 24.8 Å². The Morgan fingerprint density at radius 2 is 2.07 bits per heavy atom. The van der Waals surface area contributed by atoms with E-state index >= 15 is 0 Å². The Bertz CT molecular complexity index is 299. The van der Waals surface area contributed by atoms with Crippen LogP contribution in [0.4, 0.5) is 0 Å². The lowest BCUT2D eigenvalue weighted by atomic mass is 10.1. The fraction of sp³-hybridized carbons (Fsp3) is 0.727. The van der Waals surface area contributed by atoms with Crippen molar-refractivity contribution < 1.29 is 9.26 Å². The molecule has 0 amide bonds. The second-order valence-corrected chi connectivity index (χ2v) is 4.47. The molecule has 1 aromatic rings. The highest BCUT2D eigenvalue weighted by molar-refractivity contribution is 5.20. The third-order valence-corrected chi connectivity index (χ3v) is 2.43. The molecule has 0 fully saturated rings. The van der Waals surface area contributed by atoms with E-state index in [1.165, 1.54) is 0 Å². The van der Waals surface area contributed by atoms with E-state index in [0.29, 0.717) is 6.61 Å². The molecule has 0 aliphatic carbocycles. The van der Waals surface area contributed by atoms with E-state index in [1.54, 1.807) is 7.11 Å². The van der Waals surface area contributed by atoms with E-state index < -0.39 is 0 Å². The molecule has 1 aromatic heterocycles. The number of hydrogen-bond acceptors (Lipinski definition) is 4. The monoisotopic (exact) mass is 212 g/mol. The summed E-state index contributed by atoms with van der Waals surface area (Å²) in [5, 5.41) is 7.34. The molecule has 0 aliphatic rings. The van der Waals surface area contributed by atoms with Gasteiger partial charge in [0.1, 0.15) is 5.76 Å². The van der Waals surface area contributed by atoms with Gasteiger partial charge in [-0.2, -0.15) is 0 Å². The number of nitrogens with zero attached hydrogens (tertiary/aromatic N) is 1. The summed E-state index contributed by atoms with van der Waals surface area (Å²) >= 11 is 0. The Balaban J connectivity index is 2.57. The van der Waals surface area contributed by atoms with Crippen molar-refractivity contribution in [1.82, 2.24) is 10.5 Å². The van der Waals surface area contributed by atoms with Crippen molar-refractivity contribution in [3.63, 3.8) is 0 Å². The predicted octanol–water partition coefficient (Wildman–Crippen LogP) is 1.81. The van der Waals surface area contributed by atoms with Gasteiger partial charge < -0.3 is 14.6 Å². The minimum atomic E-state index is -0.0368. The molecule has 0 atom stereocenters. The molecule has 0 aliphatic heterocycles. The Kier molecular flexibility index (Phi) is 3.88. The second kappa shape index (κ2) is 4.77. The Labute approximate surface area is 91.0 Å². The molecule has 0 radical (unpaired) electrons. The lowest BCUT2D eigenvalue weighted by Gasteiger charge is -2.25. The van der Waals surface area contributed by atoms with E-state index in [4.69, 9.17) is 9.26 Å². The highest BCUT2D eigenvalue weighted by atomic mass is 16.5. The molecule has 0 bridgehead atoms. The Morgan fingerprint density at radius 3 is 2.53 bits per heavy atom. The number of aromatic nitrogens is 1. The van der Waals surface area contributed by atoms with Crippen molar-refractivity contribution in [1.29, 1.82) is 0 Å². The number of methoxy groups -OCH3 is 1. The summed E-state index contributed by atoms with van der Waals surface area (Å²) < 4.78 is 10.2. The highest BCUT2D eigenvalue weighted by Gasteiger charge is 2.18. The maximum Gasteiger partial charge on any atom is 0.138 e. The smallest absolute Gasteiger partial charge is 0.138 e. The average molecular weight is 212 g/mol. The van der Waals surface area contributed by atoms with Crippen LogP contribution in [0.2, 0.25) is 0 Å². The quantitative estimate of drug-likeness (QED) is 0.808. The Morgan fingerprint density at radius 1 is 1.40 bits per heavy atom. The molecular weight excluding hydrogens is 192 g/mol. The van der Waals surface area contributed by atoms with Crippen LogP contribution < -0.4 is 5.32 Å². The van der Waals surface area contributed by atoms with Gasteiger partial charge in [0.05, 0.1) is 12.3 Å². The zero-order chi connectivity index (χ0) is 11.5. The van der Waals surface area contributed by atoms with Crippen LogP contribution in [0.1, 0.15) is 30.9 Å². The number of hydrogen-bond donors (Lipinski definition) is 1. The largest absolute Gasteiger partial charge is 0.383 e. The maximum absolute atomic E-state index is 5.14. The molecule has 1 N–H and O–H groups in total. The molecule has 1 rings (SSSR count). The van der Waals surface area contributed by atoms with Gasteiger partial charge in [0.25, 0.3) is 0 Å². The molecule has 0 saturated carbocycles. The first-order valence-electron chi connectivity index (χ1n) is 5.12. The molecule has 15 heavy (non-hydrogen) atoms. The summed E-state index contributed by atoms with van der Waals surface area (Å²) in [7, 11) is 1.71. The van der Waals surface area contributed by atoms with Gasteiger partial charge in [-0.15, -0.1) is 0 Å². The SMILES string of the molecule is COCC(C)(C)NCc1c(C)noc1C. The van der Waals surface area contributed by atoms with Crippen LogP contribution in [-0.4, -0.2) is 24.4 Å². The topological polar surface area (TPSA) is 47.3 Å². The fourth-order valence-electron chi connectivity index (χ4n) is 1.49. The molecule has 4 heteroatoms. The van der Waals surface area contributed by atoms with Gasteiger partial charge in [0.2, 0.25) is 0 Å². The third kappa shape index (κ3) is 3.32. The van der Waals surface area contributed by atoms with Crippen molar-refractivity contribution in [2.24, 2.45) is 0 Å². The number of rotatable bonds is 5. The van der Waals surface area contributed by atoms with E-state index in [0.717, 1.165) is 23.6 Å². The first kappa shape index (κ1) is 12.2. The minimum absolute atomic E-state index is 0.0368. The number of nitrogens with one attached hydrogen (secondary N) is 1. The van der Waals surface area contributed by atoms with Crippen LogP contribution in [0.5, 0.6) is 0 Å². The zero-order valence-corrected chi connectivity index (χ0v) is 10.2. The minimum Gasteiger partial charge on any atom is -0.383 e. The predicted molar refractivity (Wildman–Crippen MR) is 58.8 cm³/mol. The first-order valence-corrected chi connectivity index (χ1v) is 5.12. The van der Waals surface area contributed by atoms with Crippen molar-refractivity contribution in [2.75, 3.05) is 13.7 Å². The lowest BCUT2D eigenvalue weighted by molar-refractivity contribution is 0.127. The zero-order valence-electron chi connectivity index (χ0n) is 10.2. The summed E-state index contributed by atoms with van der Waals surface area (Å²) in [6.07, 6.45) is 0. The van der Waals surface area contributed by atoms with Crippen molar-refractivity contribution in [2.45, 2.75) is 39.8 Å². The van der Waals surface area contributed by atoms with E-state index in [2.05, 4.69) is 24.3 Å². The highest BCUT2D eigenvalue weighted by Crippen LogP contribution is 2.13. The summed E-state index contributed by atoms with van der Waals surface area (Å²) in [5.41, 5.74) is 2.05. The maximum atomic E-state index is 5.14. The fourth-order valence-corrected chi connectivity index (χ4v) is 1.49. The normalized spacial score (nSPS) is 12.1. The van der Waals surface area contributed by atoms with Crippen LogP contribution in [0.3, 0.4) is 0 Å². The third-order valence-electron chi connectivity index (χ3n) is 2.43. The molecule has 86 valence electrons. The van der Waals surface area contributed by atoms with Gasteiger partial charge >= 0.3 is 0 Å².